The van der Waals surface area contributed by atoms with Gasteiger partial charge in [0.1, 0.15) is 0 Å². The van der Waals surface area contributed by atoms with Crippen LogP contribution in [0, 0.1) is 5.92 Å². The molecular weight excluding hydrogens is 168 g/mol. The fraction of sp³-hybridized carbons (Fsp3) is 1.00. The van der Waals surface area contributed by atoms with Gasteiger partial charge in [0.15, 0.2) is 0 Å². The summed E-state index contributed by atoms with van der Waals surface area (Å²) in [6, 6.07) is 0.603. The summed E-state index contributed by atoms with van der Waals surface area (Å²) in [5.74, 6) is 3.25. The predicted octanol–water partition coefficient (Wildman–Crippen LogP) is 1.02. The Balaban J connectivity index is 2.40. The highest BCUT2D eigenvalue weighted by atomic mass is 32.2. The quantitative estimate of drug-likeness (QED) is 0.717. The molecule has 0 radical (unpaired) electrons. The van der Waals surface area contributed by atoms with Gasteiger partial charge in [-0.1, -0.05) is 13.8 Å². The molecule has 0 aliphatic carbocycles. The van der Waals surface area contributed by atoms with Gasteiger partial charge in [0.05, 0.1) is 0 Å². The van der Waals surface area contributed by atoms with E-state index in [1.54, 1.807) is 0 Å². The first-order valence-electron chi connectivity index (χ1n) is 4.77. The standard InChI is InChI=1S/C9H20N2S/c1-8(2)9(7-10)11-3-5-12-6-4-11/h8-9H,3-7,10H2,1-2H3. The molecule has 2 N–H and O–H groups in total. The Hall–Kier alpha value is 0.270. The second-order valence-electron chi connectivity index (χ2n) is 3.70. The molecule has 0 amide bonds. The van der Waals surface area contributed by atoms with Crippen LogP contribution in [0.2, 0.25) is 0 Å². The van der Waals surface area contributed by atoms with Crippen LogP contribution in [0.15, 0.2) is 0 Å². The summed E-state index contributed by atoms with van der Waals surface area (Å²) in [6.07, 6.45) is 0. The van der Waals surface area contributed by atoms with E-state index in [0.29, 0.717) is 12.0 Å². The van der Waals surface area contributed by atoms with Gasteiger partial charge in [0.2, 0.25) is 0 Å². The first-order chi connectivity index (χ1) is 5.75. The van der Waals surface area contributed by atoms with Crippen LogP contribution >= 0.6 is 11.8 Å². The van der Waals surface area contributed by atoms with Crippen molar-refractivity contribution < 1.29 is 0 Å². The van der Waals surface area contributed by atoms with Crippen molar-refractivity contribution in [1.29, 1.82) is 0 Å². The molecule has 0 saturated carbocycles. The zero-order chi connectivity index (χ0) is 8.97. The van der Waals surface area contributed by atoms with Crippen molar-refractivity contribution in [2.24, 2.45) is 11.7 Å². The fourth-order valence-corrected chi connectivity index (χ4v) is 2.68. The van der Waals surface area contributed by atoms with Crippen molar-refractivity contribution in [3.05, 3.63) is 0 Å². The Morgan fingerprint density at radius 3 is 2.33 bits per heavy atom. The van der Waals surface area contributed by atoms with Crippen LogP contribution in [0.1, 0.15) is 13.8 Å². The lowest BCUT2D eigenvalue weighted by atomic mass is 10.0. The number of hydrogen-bond acceptors (Lipinski definition) is 3. The molecule has 3 heteroatoms. The Morgan fingerprint density at radius 1 is 1.33 bits per heavy atom. The van der Waals surface area contributed by atoms with Crippen LogP contribution in [0.25, 0.3) is 0 Å². The van der Waals surface area contributed by atoms with Crippen molar-refractivity contribution in [1.82, 2.24) is 4.90 Å². The smallest absolute Gasteiger partial charge is 0.0242 e. The van der Waals surface area contributed by atoms with Gasteiger partial charge in [-0.05, 0) is 5.92 Å². The second kappa shape index (κ2) is 5.10. The number of nitrogens with two attached hydrogens (primary N) is 1. The average Bonchev–Trinajstić information content (AvgIpc) is 2.07. The monoisotopic (exact) mass is 188 g/mol. The molecule has 2 nitrogen and oxygen atoms in total. The van der Waals surface area contributed by atoms with Crippen molar-refractivity contribution in [3.8, 4) is 0 Å². The summed E-state index contributed by atoms with van der Waals surface area (Å²) in [4.78, 5) is 2.54. The zero-order valence-corrected chi connectivity index (χ0v) is 8.94. The summed E-state index contributed by atoms with van der Waals surface area (Å²) in [7, 11) is 0. The minimum absolute atomic E-state index is 0.603. The van der Waals surface area contributed by atoms with E-state index in [0.717, 1.165) is 6.54 Å². The van der Waals surface area contributed by atoms with Crippen molar-refractivity contribution in [2.45, 2.75) is 19.9 Å². The van der Waals surface area contributed by atoms with Gasteiger partial charge in [-0.3, -0.25) is 4.90 Å². The second-order valence-corrected chi connectivity index (χ2v) is 4.92. The molecule has 1 heterocycles. The van der Waals surface area contributed by atoms with Gasteiger partial charge in [0, 0.05) is 37.2 Å². The molecule has 1 atom stereocenters. The van der Waals surface area contributed by atoms with Gasteiger partial charge in [-0.2, -0.15) is 11.8 Å². The van der Waals surface area contributed by atoms with Crippen LogP contribution in [0.5, 0.6) is 0 Å². The lowest BCUT2D eigenvalue weighted by Gasteiger charge is -2.35. The highest BCUT2D eigenvalue weighted by Crippen LogP contribution is 2.16. The summed E-state index contributed by atoms with van der Waals surface area (Å²) >= 11 is 2.06. The normalized spacial score (nSPS) is 23.0. The van der Waals surface area contributed by atoms with E-state index in [4.69, 9.17) is 5.73 Å². The average molecular weight is 188 g/mol. The molecule has 1 aliphatic heterocycles. The Kier molecular flexibility index (Phi) is 4.40. The Labute approximate surface area is 79.9 Å². The first kappa shape index (κ1) is 10.4. The van der Waals surface area contributed by atoms with Crippen LogP contribution in [0.4, 0.5) is 0 Å². The molecule has 0 spiro atoms. The lowest BCUT2D eigenvalue weighted by molar-refractivity contribution is 0.176. The molecule has 0 aromatic carbocycles. The maximum atomic E-state index is 5.76. The van der Waals surface area contributed by atoms with Crippen molar-refractivity contribution in [2.75, 3.05) is 31.1 Å². The molecule has 1 saturated heterocycles. The fourth-order valence-electron chi connectivity index (χ4n) is 1.75. The lowest BCUT2D eigenvalue weighted by Crippen LogP contribution is -2.47. The van der Waals surface area contributed by atoms with Gasteiger partial charge >= 0.3 is 0 Å². The molecule has 0 aromatic heterocycles. The summed E-state index contributed by atoms with van der Waals surface area (Å²) in [5, 5.41) is 0. The molecular formula is C9H20N2S. The molecule has 1 aliphatic rings. The van der Waals surface area contributed by atoms with Crippen LogP contribution in [0.3, 0.4) is 0 Å². The molecule has 1 unspecified atom stereocenters. The molecule has 0 bridgehead atoms. The van der Waals surface area contributed by atoms with Gasteiger partial charge in [-0.25, -0.2) is 0 Å². The highest BCUT2D eigenvalue weighted by molar-refractivity contribution is 7.99. The molecule has 1 fully saturated rings. The van der Waals surface area contributed by atoms with Crippen LogP contribution < -0.4 is 5.73 Å². The van der Waals surface area contributed by atoms with Crippen molar-refractivity contribution in [3.63, 3.8) is 0 Å². The third-order valence-corrected chi connectivity index (χ3v) is 3.47. The van der Waals surface area contributed by atoms with Crippen molar-refractivity contribution >= 4 is 11.8 Å². The van der Waals surface area contributed by atoms with E-state index in [1.807, 2.05) is 0 Å². The van der Waals surface area contributed by atoms with Crippen LogP contribution in [-0.2, 0) is 0 Å². The highest BCUT2D eigenvalue weighted by Gasteiger charge is 2.21. The van der Waals surface area contributed by atoms with Gasteiger partial charge in [-0.15, -0.1) is 0 Å². The minimum atomic E-state index is 0.603. The number of rotatable bonds is 3. The van der Waals surface area contributed by atoms with E-state index < -0.39 is 0 Å². The molecule has 0 aromatic rings. The van der Waals surface area contributed by atoms with E-state index in [9.17, 15) is 0 Å². The van der Waals surface area contributed by atoms with E-state index >= 15 is 0 Å². The van der Waals surface area contributed by atoms with E-state index in [-0.39, 0.29) is 0 Å². The predicted molar refractivity (Wildman–Crippen MR) is 56.6 cm³/mol. The summed E-state index contributed by atoms with van der Waals surface area (Å²) < 4.78 is 0. The number of hydrogen-bond donors (Lipinski definition) is 1. The van der Waals surface area contributed by atoms with E-state index in [2.05, 4.69) is 30.5 Å². The Morgan fingerprint density at radius 2 is 1.92 bits per heavy atom. The largest absolute Gasteiger partial charge is 0.329 e. The third kappa shape index (κ3) is 2.64. The molecule has 72 valence electrons. The van der Waals surface area contributed by atoms with E-state index in [1.165, 1.54) is 24.6 Å². The zero-order valence-electron chi connectivity index (χ0n) is 8.12. The minimum Gasteiger partial charge on any atom is -0.329 e. The van der Waals surface area contributed by atoms with Gasteiger partial charge in [0.25, 0.3) is 0 Å². The molecule has 1 rings (SSSR count). The van der Waals surface area contributed by atoms with Gasteiger partial charge < -0.3 is 5.73 Å². The summed E-state index contributed by atoms with van der Waals surface area (Å²) in [5.41, 5.74) is 5.76. The number of thioether (sulfide) groups is 1. The van der Waals surface area contributed by atoms with Crippen LogP contribution in [-0.4, -0.2) is 42.1 Å². The Bertz CT molecular complexity index is 122. The molecule has 12 heavy (non-hydrogen) atoms. The maximum Gasteiger partial charge on any atom is 0.0242 e. The number of nitrogens with zero attached hydrogens (tertiary/aromatic N) is 1. The SMILES string of the molecule is CC(C)C(CN)N1CCSCC1. The topological polar surface area (TPSA) is 29.3 Å². The summed E-state index contributed by atoms with van der Waals surface area (Å²) in [6.45, 7) is 7.79. The first-order valence-corrected chi connectivity index (χ1v) is 5.93. The third-order valence-electron chi connectivity index (χ3n) is 2.53. The maximum absolute atomic E-state index is 5.76.